The molecule has 1 N–H and O–H groups in total. The SMILES string of the molecule is CC(C)c1ccc(OC(=O)Nc2ccc3c(c2)CCN3CC2CCCCC2)cc1. The highest BCUT2D eigenvalue weighted by Crippen LogP contribution is 2.33. The lowest BCUT2D eigenvalue weighted by molar-refractivity contribution is 0.215. The van der Waals surface area contributed by atoms with Crippen molar-refractivity contribution in [2.45, 2.75) is 58.3 Å². The van der Waals surface area contributed by atoms with Crippen LogP contribution in [0, 0.1) is 5.92 Å². The van der Waals surface area contributed by atoms with E-state index in [9.17, 15) is 4.79 Å². The second kappa shape index (κ2) is 8.89. The van der Waals surface area contributed by atoms with Gasteiger partial charge in [0.05, 0.1) is 0 Å². The van der Waals surface area contributed by atoms with Gasteiger partial charge in [0.2, 0.25) is 0 Å². The van der Waals surface area contributed by atoms with E-state index >= 15 is 0 Å². The largest absolute Gasteiger partial charge is 0.417 e. The fraction of sp³-hybridized carbons (Fsp3) is 0.480. The van der Waals surface area contributed by atoms with E-state index in [4.69, 9.17) is 4.74 Å². The molecule has 0 radical (unpaired) electrons. The third-order valence-corrected chi connectivity index (χ3v) is 6.28. The molecule has 0 spiro atoms. The van der Waals surface area contributed by atoms with Gasteiger partial charge in [-0.15, -0.1) is 0 Å². The van der Waals surface area contributed by atoms with E-state index in [0.29, 0.717) is 11.7 Å². The highest BCUT2D eigenvalue weighted by molar-refractivity contribution is 5.87. The predicted molar refractivity (Wildman–Crippen MR) is 119 cm³/mol. The Kier molecular flexibility index (Phi) is 6.08. The minimum atomic E-state index is -0.445. The van der Waals surface area contributed by atoms with Crippen LogP contribution in [0.1, 0.15) is 63.0 Å². The lowest BCUT2D eigenvalue weighted by Crippen LogP contribution is -2.28. The molecule has 4 nitrogen and oxygen atoms in total. The number of ether oxygens (including phenoxy) is 1. The average molecular weight is 393 g/mol. The zero-order valence-electron chi connectivity index (χ0n) is 17.6. The zero-order chi connectivity index (χ0) is 20.2. The maximum atomic E-state index is 12.3. The third kappa shape index (κ3) is 4.92. The first-order chi connectivity index (χ1) is 14.1. The highest BCUT2D eigenvalue weighted by atomic mass is 16.6. The molecule has 2 aromatic rings. The van der Waals surface area contributed by atoms with E-state index in [-0.39, 0.29) is 0 Å². The first kappa shape index (κ1) is 19.8. The Morgan fingerprint density at radius 1 is 1.10 bits per heavy atom. The summed E-state index contributed by atoms with van der Waals surface area (Å²) in [5.41, 5.74) is 4.68. The van der Waals surface area contributed by atoms with E-state index < -0.39 is 6.09 Å². The van der Waals surface area contributed by atoms with Crippen molar-refractivity contribution in [1.29, 1.82) is 0 Å². The molecular weight excluding hydrogens is 360 g/mol. The number of nitrogens with one attached hydrogen (secondary N) is 1. The Bertz CT molecular complexity index is 838. The Morgan fingerprint density at radius 3 is 2.59 bits per heavy atom. The first-order valence-electron chi connectivity index (χ1n) is 11.0. The van der Waals surface area contributed by atoms with Crippen LogP contribution in [0.3, 0.4) is 0 Å². The summed E-state index contributed by atoms with van der Waals surface area (Å²) in [4.78, 5) is 14.8. The summed E-state index contributed by atoms with van der Waals surface area (Å²) in [5, 5.41) is 2.87. The summed E-state index contributed by atoms with van der Waals surface area (Å²) < 4.78 is 5.43. The van der Waals surface area contributed by atoms with Crippen molar-refractivity contribution in [3.63, 3.8) is 0 Å². The molecule has 1 saturated carbocycles. The molecule has 1 heterocycles. The van der Waals surface area contributed by atoms with E-state index in [0.717, 1.165) is 24.6 Å². The fourth-order valence-corrected chi connectivity index (χ4v) is 4.59. The van der Waals surface area contributed by atoms with Gasteiger partial charge in [0.1, 0.15) is 5.75 Å². The quantitative estimate of drug-likeness (QED) is 0.643. The number of hydrogen-bond acceptors (Lipinski definition) is 3. The zero-order valence-corrected chi connectivity index (χ0v) is 17.6. The van der Waals surface area contributed by atoms with Gasteiger partial charge < -0.3 is 9.64 Å². The molecule has 154 valence electrons. The van der Waals surface area contributed by atoms with E-state index in [1.807, 2.05) is 30.3 Å². The summed E-state index contributed by atoms with van der Waals surface area (Å²) in [6.45, 7) is 6.55. The molecule has 1 fully saturated rings. The van der Waals surface area contributed by atoms with E-state index in [1.54, 1.807) is 0 Å². The van der Waals surface area contributed by atoms with Crippen molar-refractivity contribution in [2.75, 3.05) is 23.3 Å². The van der Waals surface area contributed by atoms with Crippen molar-refractivity contribution in [3.8, 4) is 5.75 Å². The molecule has 1 amide bonds. The van der Waals surface area contributed by atoms with Crippen molar-refractivity contribution >= 4 is 17.5 Å². The number of carbonyl (C=O) groups is 1. The van der Waals surface area contributed by atoms with Crippen LogP contribution in [-0.2, 0) is 6.42 Å². The normalized spacial score (nSPS) is 16.7. The Hall–Kier alpha value is -2.49. The fourth-order valence-electron chi connectivity index (χ4n) is 4.59. The van der Waals surface area contributed by atoms with Gasteiger partial charge in [-0.25, -0.2) is 4.79 Å². The van der Waals surface area contributed by atoms with Crippen LogP contribution in [0.5, 0.6) is 5.75 Å². The Balaban J connectivity index is 1.34. The Morgan fingerprint density at radius 2 is 1.86 bits per heavy atom. The predicted octanol–water partition coefficient (Wildman–Crippen LogP) is 6.36. The number of fused-ring (bicyclic) bond motifs is 1. The smallest absolute Gasteiger partial charge is 0.410 e. The molecule has 0 aromatic heterocycles. The first-order valence-corrected chi connectivity index (χ1v) is 11.0. The van der Waals surface area contributed by atoms with Gasteiger partial charge >= 0.3 is 6.09 Å². The maximum absolute atomic E-state index is 12.3. The molecule has 0 saturated heterocycles. The van der Waals surface area contributed by atoms with Crippen LogP contribution >= 0.6 is 0 Å². The van der Waals surface area contributed by atoms with Crippen molar-refractivity contribution in [3.05, 3.63) is 53.6 Å². The van der Waals surface area contributed by atoms with Crippen LogP contribution in [0.2, 0.25) is 0 Å². The second-order valence-electron chi connectivity index (χ2n) is 8.78. The minimum absolute atomic E-state index is 0.445. The maximum Gasteiger partial charge on any atom is 0.417 e. The van der Waals surface area contributed by atoms with Gasteiger partial charge in [0, 0.05) is 24.5 Å². The summed E-state index contributed by atoms with van der Waals surface area (Å²) in [6, 6.07) is 13.9. The summed E-state index contributed by atoms with van der Waals surface area (Å²) in [7, 11) is 0. The van der Waals surface area contributed by atoms with Crippen molar-refractivity contribution in [2.24, 2.45) is 5.92 Å². The standard InChI is InChI=1S/C25H32N2O2/c1-18(2)20-8-11-23(12-9-20)29-25(28)26-22-10-13-24-21(16-22)14-15-27(24)17-19-6-4-3-5-7-19/h8-13,16,18-19H,3-7,14-15,17H2,1-2H3,(H,26,28). The molecule has 1 aliphatic carbocycles. The average Bonchev–Trinajstić information content (AvgIpc) is 3.11. The number of nitrogens with zero attached hydrogens (tertiary/aromatic N) is 1. The van der Waals surface area contributed by atoms with E-state index in [1.165, 1.54) is 55.5 Å². The highest BCUT2D eigenvalue weighted by Gasteiger charge is 2.23. The number of anilines is 2. The number of amides is 1. The van der Waals surface area contributed by atoms with Gasteiger partial charge in [0.15, 0.2) is 0 Å². The van der Waals surface area contributed by atoms with Crippen molar-refractivity contribution < 1.29 is 9.53 Å². The molecule has 0 atom stereocenters. The molecule has 4 heteroatoms. The van der Waals surface area contributed by atoms with Gasteiger partial charge in [-0.05, 0) is 72.6 Å². The molecular formula is C25H32N2O2. The van der Waals surface area contributed by atoms with Crippen LogP contribution in [-0.4, -0.2) is 19.2 Å². The monoisotopic (exact) mass is 392 g/mol. The summed E-state index contributed by atoms with van der Waals surface area (Å²) >= 11 is 0. The summed E-state index contributed by atoms with van der Waals surface area (Å²) in [5.74, 6) is 1.86. The number of rotatable bonds is 5. The number of benzene rings is 2. The molecule has 4 rings (SSSR count). The molecule has 2 aromatic carbocycles. The molecule has 29 heavy (non-hydrogen) atoms. The third-order valence-electron chi connectivity index (χ3n) is 6.28. The number of carbonyl (C=O) groups excluding carboxylic acids is 1. The van der Waals surface area contributed by atoms with Gasteiger partial charge in [-0.3, -0.25) is 5.32 Å². The molecule has 1 aliphatic heterocycles. The summed E-state index contributed by atoms with van der Waals surface area (Å²) in [6.07, 6.45) is 7.51. The van der Waals surface area contributed by atoms with Crippen LogP contribution in [0.25, 0.3) is 0 Å². The number of hydrogen-bond donors (Lipinski definition) is 1. The van der Waals surface area contributed by atoms with Gasteiger partial charge in [0.25, 0.3) is 0 Å². The van der Waals surface area contributed by atoms with E-state index in [2.05, 4.69) is 36.2 Å². The topological polar surface area (TPSA) is 41.6 Å². The lowest BCUT2D eigenvalue weighted by Gasteiger charge is -2.28. The molecule has 0 bridgehead atoms. The minimum Gasteiger partial charge on any atom is -0.410 e. The Labute approximate surface area is 174 Å². The van der Waals surface area contributed by atoms with Crippen LogP contribution in [0.15, 0.2) is 42.5 Å². The van der Waals surface area contributed by atoms with Gasteiger partial charge in [-0.2, -0.15) is 0 Å². The van der Waals surface area contributed by atoms with Crippen LogP contribution in [0.4, 0.5) is 16.2 Å². The van der Waals surface area contributed by atoms with Crippen molar-refractivity contribution in [1.82, 2.24) is 0 Å². The van der Waals surface area contributed by atoms with Crippen LogP contribution < -0.4 is 15.0 Å². The second-order valence-corrected chi connectivity index (χ2v) is 8.78. The molecule has 2 aliphatic rings. The lowest BCUT2D eigenvalue weighted by atomic mass is 9.89. The van der Waals surface area contributed by atoms with Gasteiger partial charge in [-0.1, -0.05) is 45.2 Å². The molecule has 0 unspecified atom stereocenters.